The quantitative estimate of drug-likeness (QED) is 0.683. The van der Waals surface area contributed by atoms with Crippen LogP contribution >= 0.6 is 0 Å². The highest BCUT2D eigenvalue weighted by atomic mass is 16.5. The molecular weight excluding hydrogens is 376 g/mol. The SMILES string of the molecule is CN(CC(=O)NC(C)(C)C)C(=O)COC(=O)CCn1ncc(=O)c2ccccc21. The molecule has 0 radical (unpaired) electrons. The maximum Gasteiger partial charge on any atom is 0.308 e. The Labute approximate surface area is 168 Å². The average molecular weight is 402 g/mol. The Morgan fingerprint density at radius 3 is 2.59 bits per heavy atom. The first-order valence-corrected chi connectivity index (χ1v) is 9.22. The Bertz CT molecular complexity index is 961. The molecule has 9 nitrogen and oxygen atoms in total. The van der Waals surface area contributed by atoms with E-state index in [0.29, 0.717) is 10.9 Å². The number of likely N-dealkylation sites (N-methyl/N-ethyl adjacent to an activating group) is 1. The molecule has 0 unspecified atom stereocenters. The molecule has 1 heterocycles. The van der Waals surface area contributed by atoms with E-state index < -0.39 is 24.0 Å². The van der Waals surface area contributed by atoms with Gasteiger partial charge in [0.05, 0.1) is 31.2 Å². The number of hydrogen-bond acceptors (Lipinski definition) is 6. The molecule has 1 aromatic heterocycles. The minimum absolute atomic E-state index is 0.0125. The van der Waals surface area contributed by atoms with E-state index in [1.54, 1.807) is 28.9 Å². The number of benzene rings is 1. The van der Waals surface area contributed by atoms with Crippen molar-refractivity contribution in [1.29, 1.82) is 0 Å². The van der Waals surface area contributed by atoms with Gasteiger partial charge in [-0.1, -0.05) is 12.1 Å². The van der Waals surface area contributed by atoms with Crippen molar-refractivity contribution in [3.8, 4) is 0 Å². The smallest absolute Gasteiger partial charge is 0.308 e. The molecule has 1 aromatic carbocycles. The first kappa shape index (κ1) is 22.1. The normalized spacial score (nSPS) is 11.2. The minimum atomic E-state index is -0.574. The maximum absolute atomic E-state index is 12.1. The van der Waals surface area contributed by atoms with E-state index in [1.807, 2.05) is 20.8 Å². The van der Waals surface area contributed by atoms with Crippen molar-refractivity contribution in [1.82, 2.24) is 20.0 Å². The molecule has 0 aliphatic carbocycles. The van der Waals surface area contributed by atoms with Gasteiger partial charge in [-0.3, -0.25) is 23.9 Å². The average Bonchev–Trinajstić information content (AvgIpc) is 2.64. The van der Waals surface area contributed by atoms with Crippen LogP contribution in [0.1, 0.15) is 27.2 Å². The fraction of sp³-hybridized carbons (Fsp3) is 0.450. The van der Waals surface area contributed by atoms with E-state index >= 15 is 0 Å². The molecule has 2 amide bonds. The molecular formula is C20H26N4O5. The van der Waals surface area contributed by atoms with Crippen LogP contribution in [0, 0.1) is 0 Å². The van der Waals surface area contributed by atoms with Gasteiger partial charge in [-0.25, -0.2) is 0 Å². The summed E-state index contributed by atoms with van der Waals surface area (Å²) in [6, 6.07) is 6.98. The summed E-state index contributed by atoms with van der Waals surface area (Å²) >= 11 is 0. The summed E-state index contributed by atoms with van der Waals surface area (Å²) < 4.78 is 6.54. The Kier molecular flexibility index (Phi) is 7.08. The predicted molar refractivity (Wildman–Crippen MR) is 107 cm³/mol. The van der Waals surface area contributed by atoms with Gasteiger partial charge in [0.25, 0.3) is 5.91 Å². The summed E-state index contributed by atoms with van der Waals surface area (Å²) in [5.41, 5.74) is 0.0326. The van der Waals surface area contributed by atoms with E-state index in [9.17, 15) is 19.2 Å². The lowest BCUT2D eigenvalue weighted by Crippen LogP contribution is -2.46. The summed E-state index contributed by atoms with van der Waals surface area (Å²) in [6.45, 7) is 5.16. The lowest BCUT2D eigenvalue weighted by atomic mass is 10.1. The highest BCUT2D eigenvalue weighted by molar-refractivity contribution is 5.86. The van der Waals surface area contributed by atoms with Gasteiger partial charge >= 0.3 is 5.97 Å². The van der Waals surface area contributed by atoms with Gasteiger partial charge in [0.15, 0.2) is 6.61 Å². The van der Waals surface area contributed by atoms with Crippen LogP contribution in [-0.2, 0) is 25.7 Å². The summed E-state index contributed by atoms with van der Waals surface area (Å²) in [5.74, 6) is -1.35. The molecule has 0 aliphatic heterocycles. The zero-order valence-corrected chi connectivity index (χ0v) is 17.1. The Balaban J connectivity index is 1.83. The van der Waals surface area contributed by atoms with E-state index in [0.717, 1.165) is 0 Å². The number of nitrogens with zero attached hydrogens (tertiary/aromatic N) is 3. The summed E-state index contributed by atoms with van der Waals surface area (Å²) in [5, 5.41) is 7.31. The topological polar surface area (TPSA) is 111 Å². The number of fused-ring (bicyclic) bond motifs is 1. The number of aryl methyl sites for hydroxylation is 1. The third-order valence-corrected chi connectivity index (χ3v) is 3.97. The first-order chi connectivity index (χ1) is 13.6. The highest BCUT2D eigenvalue weighted by Gasteiger charge is 2.18. The third kappa shape index (κ3) is 6.70. The third-order valence-electron chi connectivity index (χ3n) is 3.97. The lowest BCUT2D eigenvalue weighted by molar-refractivity contribution is -0.152. The molecule has 0 aliphatic rings. The summed E-state index contributed by atoms with van der Waals surface area (Å²) in [4.78, 5) is 48.9. The van der Waals surface area contributed by atoms with Gasteiger partial charge in [-0.15, -0.1) is 0 Å². The molecule has 2 rings (SSSR count). The van der Waals surface area contributed by atoms with E-state index in [-0.39, 0.29) is 30.8 Å². The summed E-state index contributed by atoms with van der Waals surface area (Å²) in [6.07, 6.45) is 1.19. The number of hydrogen-bond donors (Lipinski definition) is 1. The van der Waals surface area contributed by atoms with Crippen molar-refractivity contribution in [2.24, 2.45) is 0 Å². The molecule has 0 bridgehead atoms. The standard InChI is InChI=1S/C20H26N4O5/c1-20(2,3)22-17(26)12-23(4)18(27)13-29-19(28)9-10-24-15-8-6-5-7-14(15)16(25)11-21-24/h5-8,11H,9-10,12-13H2,1-4H3,(H,22,26). The van der Waals surface area contributed by atoms with Crippen molar-refractivity contribution in [2.75, 3.05) is 20.2 Å². The number of esters is 1. The monoisotopic (exact) mass is 402 g/mol. The molecule has 156 valence electrons. The fourth-order valence-corrected chi connectivity index (χ4v) is 2.62. The van der Waals surface area contributed by atoms with E-state index in [4.69, 9.17) is 4.74 Å². The second kappa shape index (κ2) is 9.31. The number of ether oxygens (including phenoxy) is 1. The second-order valence-corrected chi connectivity index (χ2v) is 7.71. The number of aromatic nitrogens is 2. The van der Waals surface area contributed by atoms with Crippen LogP contribution in [0.2, 0.25) is 0 Å². The number of amides is 2. The number of nitrogens with one attached hydrogen (secondary N) is 1. The van der Waals surface area contributed by atoms with Crippen molar-refractivity contribution in [2.45, 2.75) is 39.3 Å². The zero-order chi connectivity index (χ0) is 21.6. The van der Waals surface area contributed by atoms with Gasteiger partial charge in [0.2, 0.25) is 11.3 Å². The van der Waals surface area contributed by atoms with Crippen LogP contribution in [0.25, 0.3) is 10.9 Å². The van der Waals surface area contributed by atoms with Crippen LogP contribution in [0.3, 0.4) is 0 Å². The van der Waals surface area contributed by atoms with Gasteiger partial charge in [0, 0.05) is 18.0 Å². The summed E-state index contributed by atoms with van der Waals surface area (Å²) in [7, 11) is 1.47. The molecule has 0 spiro atoms. The molecule has 0 saturated heterocycles. The maximum atomic E-state index is 12.1. The zero-order valence-electron chi connectivity index (χ0n) is 17.1. The molecule has 2 aromatic rings. The molecule has 29 heavy (non-hydrogen) atoms. The van der Waals surface area contributed by atoms with Crippen molar-refractivity contribution < 1.29 is 19.1 Å². The van der Waals surface area contributed by atoms with Crippen LogP contribution in [-0.4, -0.2) is 58.2 Å². The number of para-hydroxylation sites is 1. The van der Waals surface area contributed by atoms with Gasteiger partial charge < -0.3 is 15.0 Å². The van der Waals surface area contributed by atoms with Crippen LogP contribution in [0.4, 0.5) is 0 Å². The molecule has 0 fully saturated rings. The number of carbonyl (C=O) groups is 3. The molecule has 1 N–H and O–H groups in total. The van der Waals surface area contributed by atoms with Crippen molar-refractivity contribution >= 4 is 28.7 Å². The predicted octanol–water partition coefficient (Wildman–Crippen LogP) is 0.703. The van der Waals surface area contributed by atoms with E-state index in [1.165, 1.54) is 18.1 Å². The molecule has 9 heteroatoms. The highest BCUT2D eigenvalue weighted by Crippen LogP contribution is 2.08. The Hall–Kier alpha value is -3.23. The largest absolute Gasteiger partial charge is 0.456 e. The fourth-order valence-electron chi connectivity index (χ4n) is 2.62. The minimum Gasteiger partial charge on any atom is -0.456 e. The first-order valence-electron chi connectivity index (χ1n) is 9.22. The van der Waals surface area contributed by atoms with Gasteiger partial charge in [-0.2, -0.15) is 5.10 Å². The van der Waals surface area contributed by atoms with Crippen molar-refractivity contribution in [3.05, 3.63) is 40.7 Å². The number of rotatable bonds is 7. The van der Waals surface area contributed by atoms with E-state index in [2.05, 4.69) is 10.4 Å². The van der Waals surface area contributed by atoms with Crippen LogP contribution < -0.4 is 10.7 Å². The lowest BCUT2D eigenvalue weighted by Gasteiger charge is -2.23. The molecule has 0 saturated carbocycles. The van der Waals surface area contributed by atoms with Crippen LogP contribution in [0.15, 0.2) is 35.3 Å². The van der Waals surface area contributed by atoms with Gasteiger partial charge in [-0.05, 0) is 32.9 Å². The second-order valence-electron chi connectivity index (χ2n) is 7.71. The van der Waals surface area contributed by atoms with Crippen LogP contribution in [0.5, 0.6) is 0 Å². The van der Waals surface area contributed by atoms with Gasteiger partial charge in [0.1, 0.15) is 0 Å². The molecule has 0 atom stereocenters. The Morgan fingerprint density at radius 2 is 1.90 bits per heavy atom. The number of carbonyl (C=O) groups excluding carboxylic acids is 3. The Morgan fingerprint density at radius 1 is 1.21 bits per heavy atom. The van der Waals surface area contributed by atoms with Crippen molar-refractivity contribution in [3.63, 3.8) is 0 Å².